The minimum Gasteiger partial charge on any atom is -0.465 e. The van der Waals surface area contributed by atoms with E-state index in [0.29, 0.717) is 49.0 Å². The van der Waals surface area contributed by atoms with Crippen LogP contribution in [0, 0.1) is 35.5 Å². The monoisotopic (exact) mass is 752 g/mol. The van der Waals surface area contributed by atoms with Crippen molar-refractivity contribution < 1.29 is 23.8 Å². The first-order chi connectivity index (χ1) is 25.3. The second kappa shape index (κ2) is 35.3. The molecule has 6 heteroatoms. The van der Waals surface area contributed by atoms with E-state index in [1.165, 1.54) is 89.9 Å². The number of esters is 2. The Morgan fingerprint density at radius 1 is 0.472 bits per heavy atom. The second-order valence-corrected chi connectivity index (χ2v) is 18.4. The van der Waals surface area contributed by atoms with Gasteiger partial charge in [-0.2, -0.15) is 0 Å². The van der Waals surface area contributed by atoms with Gasteiger partial charge in [0.2, 0.25) is 0 Å². The zero-order chi connectivity index (χ0) is 39.7. The smallest absolute Gasteiger partial charge is 0.306 e. The van der Waals surface area contributed by atoms with Crippen LogP contribution < -0.4 is 0 Å². The Kier molecular flexibility index (Phi) is 34.5. The lowest BCUT2D eigenvalue weighted by Gasteiger charge is -2.21. The van der Waals surface area contributed by atoms with Crippen molar-refractivity contribution in [3.63, 3.8) is 0 Å². The Morgan fingerprint density at radius 3 is 1.38 bits per heavy atom. The van der Waals surface area contributed by atoms with E-state index >= 15 is 0 Å². The van der Waals surface area contributed by atoms with Gasteiger partial charge in [-0.1, -0.05) is 139 Å². The first-order valence-corrected chi connectivity index (χ1v) is 22.9. The third-order valence-electron chi connectivity index (χ3n) is 11.2. The highest BCUT2D eigenvalue weighted by Crippen LogP contribution is 2.23. The normalized spacial score (nSPS) is 13.8. The Bertz CT molecular complexity index is 826. The number of ether oxygens (including phenoxy) is 3. The average molecular weight is 752 g/mol. The SMILES string of the molecule is CC(C)CCC(COCCCCCCCCCCC(CCCCCCCCCC(=O)OCC(CCC(C)C)C(C)C)OC(=O)CCCN(C)C)C(C)C. The van der Waals surface area contributed by atoms with Gasteiger partial charge in [0.1, 0.15) is 6.10 Å². The van der Waals surface area contributed by atoms with Crippen LogP contribution in [0.3, 0.4) is 0 Å². The number of hydrogen-bond acceptors (Lipinski definition) is 6. The summed E-state index contributed by atoms with van der Waals surface area (Å²) in [7, 11) is 4.10. The van der Waals surface area contributed by atoms with Gasteiger partial charge in [-0.3, -0.25) is 9.59 Å². The molecule has 0 radical (unpaired) electrons. The number of rotatable bonds is 38. The van der Waals surface area contributed by atoms with E-state index in [2.05, 4.69) is 60.3 Å². The number of nitrogens with zero attached hydrogens (tertiary/aromatic N) is 1. The first-order valence-electron chi connectivity index (χ1n) is 22.9. The number of carbonyl (C=O) groups is 2. The van der Waals surface area contributed by atoms with Gasteiger partial charge in [0.05, 0.1) is 6.61 Å². The molecule has 0 aromatic heterocycles. The Balaban J connectivity index is 4.16. The van der Waals surface area contributed by atoms with Crippen LogP contribution in [-0.2, 0) is 23.8 Å². The molecule has 0 spiro atoms. The zero-order valence-electron chi connectivity index (χ0n) is 37.3. The van der Waals surface area contributed by atoms with E-state index < -0.39 is 0 Å². The van der Waals surface area contributed by atoms with Gasteiger partial charge in [0.25, 0.3) is 0 Å². The maximum absolute atomic E-state index is 12.6. The summed E-state index contributed by atoms with van der Waals surface area (Å²) in [5.41, 5.74) is 0. The molecular formula is C47H93NO5. The molecule has 53 heavy (non-hydrogen) atoms. The molecule has 0 fully saturated rings. The van der Waals surface area contributed by atoms with Crippen molar-refractivity contribution in [3.8, 4) is 0 Å². The molecular weight excluding hydrogens is 659 g/mol. The molecule has 0 aromatic rings. The van der Waals surface area contributed by atoms with Gasteiger partial charge >= 0.3 is 11.9 Å². The summed E-state index contributed by atoms with van der Waals surface area (Å²) in [6, 6.07) is 0. The largest absolute Gasteiger partial charge is 0.465 e. The molecule has 0 aromatic carbocycles. The molecule has 0 aliphatic carbocycles. The van der Waals surface area contributed by atoms with Gasteiger partial charge in [0.15, 0.2) is 0 Å². The van der Waals surface area contributed by atoms with Crippen LogP contribution in [0.5, 0.6) is 0 Å². The van der Waals surface area contributed by atoms with Crippen molar-refractivity contribution in [2.24, 2.45) is 35.5 Å². The lowest BCUT2D eigenvalue weighted by atomic mass is 9.89. The van der Waals surface area contributed by atoms with E-state index in [0.717, 1.165) is 77.0 Å². The van der Waals surface area contributed by atoms with Gasteiger partial charge in [-0.15, -0.1) is 0 Å². The second-order valence-electron chi connectivity index (χ2n) is 18.4. The molecule has 0 aliphatic heterocycles. The molecule has 3 unspecified atom stereocenters. The van der Waals surface area contributed by atoms with Crippen LogP contribution in [0.15, 0.2) is 0 Å². The minimum atomic E-state index is -0.0262. The number of unbranched alkanes of at least 4 members (excludes halogenated alkanes) is 13. The van der Waals surface area contributed by atoms with Crippen LogP contribution in [0.2, 0.25) is 0 Å². The fraction of sp³-hybridized carbons (Fsp3) is 0.957. The zero-order valence-corrected chi connectivity index (χ0v) is 37.3. The molecule has 6 nitrogen and oxygen atoms in total. The lowest BCUT2D eigenvalue weighted by molar-refractivity contribution is -0.150. The molecule has 0 bridgehead atoms. The van der Waals surface area contributed by atoms with Gasteiger partial charge in [-0.05, 0) is 114 Å². The van der Waals surface area contributed by atoms with E-state index in [-0.39, 0.29) is 18.0 Å². The predicted octanol–water partition coefficient (Wildman–Crippen LogP) is 13.2. The molecule has 0 rings (SSSR count). The Hall–Kier alpha value is -1.14. The van der Waals surface area contributed by atoms with Crippen LogP contribution >= 0.6 is 0 Å². The molecule has 0 heterocycles. The Labute approximate surface area is 331 Å². The van der Waals surface area contributed by atoms with Crippen LogP contribution in [0.25, 0.3) is 0 Å². The quantitative estimate of drug-likeness (QED) is 0.0462. The molecule has 0 N–H and O–H groups in total. The summed E-state index contributed by atoms with van der Waals surface area (Å²) < 4.78 is 17.7. The highest BCUT2D eigenvalue weighted by Gasteiger charge is 2.18. The molecule has 0 aliphatic rings. The molecule has 0 saturated carbocycles. The Morgan fingerprint density at radius 2 is 0.906 bits per heavy atom. The third kappa shape index (κ3) is 35.0. The average Bonchev–Trinajstić information content (AvgIpc) is 3.08. The van der Waals surface area contributed by atoms with Crippen molar-refractivity contribution in [3.05, 3.63) is 0 Å². The van der Waals surface area contributed by atoms with Gasteiger partial charge < -0.3 is 19.1 Å². The summed E-state index contributed by atoms with van der Waals surface area (Å²) in [5.74, 6) is 3.84. The highest BCUT2D eigenvalue weighted by molar-refractivity contribution is 5.69. The van der Waals surface area contributed by atoms with E-state index in [9.17, 15) is 9.59 Å². The topological polar surface area (TPSA) is 65.1 Å². The lowest BCUT2D eigenvalue weighted by Crippen LogP contribution is -2.20. The highest BCUT2D eigenvalue weighted by atomic mass is 16.5. The summed E-state index contributed by atoms with van der Waals surface area (Å²) in [4.78, 5) is 27.0. The maximum Gasteiger partial charge on any atom is 0.306 e. The maximum atomic E-state index is 12.6. The molecule has 0 saturated heterocycles. The number of carbonyl (C=O) groups excluding carboxylic acids is 2. The van der Waals surface area contributed by atoms with Gasteiger partial charge in [0, 0.05) is 26.1 Å². The fourth-order valence-corrected chi connectivity index (χ4v) is 7.03. The van der Waals surface area contributed by atoms with Crippen molar-refractivity contribution in [1.29, 1.82) is 0 Å². The van der Waals surface area contributed by atoms with E-state index in [4.69, 9.17) is 14.2 Å². The molecule has 3 atom stereocenters. The van der Waals surface area contributed by atoms with Crippen molar-refractivity contribution in [2.75, 3.05) is 40.5 Å². The third-order valence-corrected chi connectivity index (χ3v) is 11.2. The number of hydrogen-bond donors (Lipinski definition) is 0. The fourth-order valence-electron chi connectivity index (χ4n) is 7.03. The van der Waals surface area contributed by atoms with Crippen LogP contribution in [0.1, 0.15) is 209 Å². The van der Waals surface area contributed by atoms with Crippen LogP contribution in [0.4, 0.5) is 0 Å². The van der Waals surface area contributed by atoms with Crippen LogP contribution in [-0.4, -0.2) is 63.4 Å². The summed E-state index contributed by atoms with van der Waals surface area (Å²) >= 11 is 0. The van der Waals surface area contributed by atoms with Gasteiger partial charge in [-0.25, -0.2) is 0 Å². The summed E-state index contributed by atoms with van der Waals surface area (Å²) in [6.07, 6.45) is 26.8. The standard InChI is InChI=1S/C47H93NO5/c1-39(2)31-33-43(41(5)6)37-51-36-25-21-17-12-11-14-18-22-27-45(53-47(50)30-26-35-48(9)10)28-23-19-15-13-16-20-24-29-46(49)52-38-44(42(7)8)34-32-40(3)4/h39-45H,11-38H2,1-10H3. The molecule has 0 amide bonds. The van der Waals surface area contributed by atoms with E-state index in [1.807, 2.05) is 14.1 Å². The van der Waals surface area contributed by atoms with Crippen molar-refractivity contribution >= 4 is 11.9 Å². The summed E-state index contributed by atoms with van der Waals surface area (Å²) in [6.45, 7) is 21.6. The van der Waals surface area contributed by atoms with Crippen molar-refractivity contribution in [2.45, 2.75) is 216 Å². The van der Waals surface area contributed by atoms with E-state index in [1.54, 1.807) is 0 Å². The summed E-state index contributed by atoms with van der Waals surface area (Å²) in [5, 5.41) is 0. The molecule has 316 valence electrons. The van der Waals surface area contributed by atoms with Crippen molar-refractivity contribution in [1.82, 2.24) is 4.90 Å². The first kappa shape index (κ1) is 51.9. The minimum absolute atomic E-state index is 0.0232. The predicted molar refractivity (Wildman–Crippen MR) is 227 cm³/mol.